The second-order valence-corrected chi connectivity index (χ2v) is 11.0. The van der Waals surface area contributed by atoms with E-state index in [2.05, 4.69) is 9.88 Å². The Hall–Kier alpha value is -2.24. The van der Waals surface area contributed by atoms with Gasteiger partial charge in [0.2, 0.25) is 0 Å². The molecular weight excluding hydrogens is 498 g/mol. The lowest BCUT2D eigenvalue weighted by Gasteiger charge is -2.29. The van der Waals surface area contributed by atoms with Crippen molar-refractivity contribution in [3.05, 3.63) is 48.0 Å². The number of hydrogen-bond acceptors (Lipinski definition) is 8. The normalized spacial score (nSPS) is 14.5. The fourth-order valence-electron chi connectivity index (χ4n) is 3.65. The Kier molecular flexibility index (Phi) is 8.89. The summed E-state index contributed by atoms with van der Waals surface area (Å²) in [7, 11) is -3.45. The number of fused-ring (bicyclic) bond motifs is 1. The molecule has 2 aromatic carbocycles. The Bertz CT molecular complexity index is 1240. The fraction of sp³-hybridized carbons (Fsp3) is 0.391. The molecule has 0 aliphatic carbocycles. The highest BCUT2D eigenvalue weighted by atomic mass is 35.5. The minimum atomic E-state index is -3.45. The molecule has 0 atom stereocenters. The van der Waals surface area contributed by atoms with Crippen LogP contribution in [0.15, 0.2) is 47.4 Å². The van der Waals surface area contributed by atoms with E-state index in [-0.39, 0.29) is 29.8 Å². The van der Waals surface area contributed by atoms with Crippen molar-refractivity contribution in [2.24, 2.45) is 0 Å². The zero-order valence-electron chi connectivity index (χ0n) is 19.1. The maximum Gasteiger partial charge on any atom is 0.266 e. The summed E-state index contributed by atoms with van der Waals surface area (Å²) in [5, 5.41) is 0.465. The summed E-state index contributed by atoms with van der Waals surface area (Å²) >= 11 is 1.31. The van der Waals surface area contributed by atoms with E-state index >= 15 is 0 Å². The van der Waals surface area contributed by atoms with Crippen molar-refractivity contribution in [3.63, 3.8) is 0 Å². The minimum absolute atomic E-state index is 0. The summed E-state index contributed by atoms with van der Waals surface area (Å²) in [4.78, 5) is 21.8. The molecule has 1 aliphatic heterocycles. The topological polar surface area (TPSA) is 89.0 Å². The van der Waals surface area contributed by atoms with E-state index in [1.54, 1.807) is 17.0 Å². The van der Waals surface area contributed by atoms with E-state index in [4.69, 9.17) is 9.47 Å². The molecule has 0 N–H and O–H groups in total. The Balaban J connectivity index is 0.00000324. The molecule has 3 aromatic rings. The molecule has 1 aromatic heterocycles. The number of ether oxygens (including phenoxy) is 2. The largest absolute Gasteiger partial charge is 0.484 e. The third-order valence-electron chi connectivity index (χ3n) is 5.40. The van der Waals surface area contributed by atoms with Gasteiger partial charge in [0.05, 0.1) is 22.8 Å². The van der Waals surface area contributed by atoms with Crippen LogP contribution in [0.4, 0.5) is 5.13 Å². The predicted molar refractivity (Wildman–Crippen MR) is 136 cm³/mol. The van der Waals surface area contributed by atoms with Crippen LogP contribution >= 0.6 is 23.7 Å². The number of rotatable bonds is 8. The van der Waals surface area contributed by atoms with Gasteiger partial charge < -0.3 is 9.47 Å². The van der Waals surface area contributed by atoms with Gasteiger partial charge in [-0.05, 0) is 36.8 Å². The van der Waals surface area contributed by atoms with E-state index in [0.717, 1.165) is 29.6 Å². The Morgan fingerprint density at radius 2 is 1.94 bits per heavy atom. The predicted octanol–water partition coefficient (Wildman–Crippen LogP) is 3.17. The van der Waals surface area contributed by atoms with Gasteiger partial charge in [0.1, 0.15) is 11.3 Å². The first kappa shape index (κ1) is 26.4. The number of hydrogen-bond donors (Lipinski definition) is 0. The zero-order chi connectivity index (χ0) is 23.4. The summed E-state index contributed by atoms with van der Waals surface area (Å²) in [6.45, 7) is 5.86. The van der Waals surface area contributed by atoms with Crippen LogP contribution in [0.25, 0.3) is 10.2 Å². The molecule has 34 heavy (non-hydrogen) atoms. The van der Waals surface area contributed by atoms with Gasteiger partial charge in [-0.25, -0.2) is 13.4 Å². The van der Waals surface area contributed by atoms with Crippen LogP contribution in [0.2, 0.25) is 0 Å². The summed E-state index contributed by atoms with van der Waals surface area (Å²) < 4.78 is 36.3. The summed E-state index contributed by atoms with van der Waals surface area (Å²) in [5.74, 6) is 0.393. The number of anilines is 1. The lowest BCUT2D eigenvalue weighted by Crippen LogP contribution is -2.44. The molecule has 11 heteroatoms. The van der Waals surface area contributed by atoms with Crippen LogP contribution in [-0.2, 0) is 19.4 Å². The smallest absolute Gasteiger partial charge is 0.266 e. The van der Waals surface area contributed by atoms with E-state index in [0.29, 0.717) is 42.7 Å². The number of para-hydroxylation sites is 1. The SMILES string of the molecule is Cc1cccc(OCC(=O)N(CCN2CCOCC2)c2nc3c(S(C)(=O)=O)cccc3s2)c1.Cl. The van der Waals surface area contributed by atoms with Crippen LogP contribution in [0, 0.1) is 6.92 Å². The molecule has 0 radical (unpaired) electrons. The second kappa shape index (κ2) is 11.5. The number of morpholine rings is 1. The second-order valence-electron chi connectivity index (χ2n) is 7.98. The van der Waals surface area contributed by atoms with Crippen LogP contribution in [0.3, 0.4) is 0 Å². The molecule has 0 unspecified atom stereocenters. The molecule has 4 rings (SSSR count). The van der Waals surface area contributed by atoms with Gasteiger partial charge in [-0.3, -0.25) is 14.6 Å². The van der Waals surface area contributed by atoms with Crippen molar-refractivity contribution in [2.75, 3.05) is 57.2 Å². The van der Waals surface area contributed by atoms with Crippen molar-refractivity contribution in [1.29, 1.82) is 0 Å². The molecule has 0 saturated carbocycles. The first-order valence-electron chi connectivity index (χ1n) is 10.7. The van der Waals surface area contributed by atoms with E-state index in [9.17, 15) is 13.2 Å². The molecule has 1 fully saturated rings. The number of nitrogens with zero attached hydrogens (tertiary/aromatic N) is 3. The Morgan fingerprint density at radius 3 is 2.65 bits per heavy atom. The lowest BCUT2D eigenvalue weighted by atomic mass is 10.2. The molecule has 8 nitrogen and oxygen atoms in total. The Morgan fingerprint density at radius 1 is 1.21 bits per heavy atom. The number of benzene rings is 2. The van der Waals surface area contributed by atoms with E-state index < -0.39 is 9.84 Å². The summed E-state index contributed by atoms with van der Waals surface area (Å²) in [6, 6.07) is 12.6. The number of aromatic nitrogens is 1. The average Bonchev–Trinajstić information content (AvgIpc) is 3.21. The van der Waals surface area contributed by atoms with E-state index in [1.807, 2.05) is 37.3 Å². The van der Waals surface area contributed by atoms with Crippen molar-refractivity contribution < 1.29 is 22.7 Å². The highest BCUT2D eigenvalue weighted by molar-refractivity contribution is 7.91. The Labute approximate surface area is 209 Å². The highest BCUT2D eigenvalue weighted by Crippen LogP contribution is 2.32. The van der Waals surface area contributed by atoms with Crippen molar-refractivity contribution in [3.8, 4) is 5.75 Å². The molecule has 0 bridgehead atoms. The van der Waals surface area contributed by atoms with Crippen molar-refractivity contribution >= 4 is 54.8 Å². The van der Waals surface area contributed by atoms with Crippen LogP contribution in [-0.4, -0.2) is 76.5 Å². The third-order valence-corrected chi connectivity index (χ3v) is 7.57. The highest BCUT2D eigenvalue weighted by Gasteiger charge is 2.24. The van der Waals surface area contributed by atoms with Crippen LogP contribution in [0.5, 0.6) is 5.75 Å². The first-order valence-corrected chi connectivity index (χ1v) is 13.4. The quantitative estimate of drug-likeness (QED) is 0.446. The average molecular weight is 526 g/mol. The maximum atomic E-state index is 13.2. The van der Waals surface area contributed by atoms with Crippen LogP contribution in [0.1, 0.15) is 5.56 Å². The molecule has 2 heterocycles. The van der Waals surface area contributed by atoms with Gasteiger partial charge in [-0.2, -0.15) is 0 Å². The maximum absolute atomic E-state index is 13.2. The number of sulfone groups is 1. The lowest BCUT2D eigenvalue weighted by molar-refractivity contribution is -0.120. The number of carbonyl (C=O) groups is 1. The minimum Gasteiger partial charge on any atom is -0.484 e. The third kappa shape index (κ3) is 6.45. The molecule has 1 aliphatic rings. The van der Waals surface area contributed by atoms with Gasteiger partial charge in [-0.1, -0.05) is 29.5 Å². The summed E-state index contributed by atoms with van der Waals surface area (Å²) in [5.41, 5.74) is 1.44. The number of halogens is 1. The molecular formula is C23H28ClN3O5S2. The van der Waals surface area contributed by atoms with E-state index in [1.165, 1.54) is 11.3 Å². The number of aryl methyl sites for hydroxylation is 1. The van der Waals surface area contributed by atoms with Gasteiger partial charge in [0.15, 0.2) is 21.6 Å². The molecule has 184 valence electrons. The van der Waals surface area contributed by atoms with Gasteiger partial charge in [0, 0.05) is 32.4 Å². The molecule has 1 amide bonds. The first-order chi connectivity index (χ1) is 15.8. The van der Waals surface area contributed by atoms with Crippen LogP contribution < -0.4 is 9.64 Å². The monoisotopic (exact) mass is 525 g/mol. The number of thiazole rings is 1. The summed E-state index contributed by atoms with van der Waals surface area (Å²) in [6.07, 6.45) is 1.16. The van der Waals surface area contributed by atoms with Crippen molar-refractivity contribution in [1.82, 2.24) is 9.88 Å². The van der Waals surface area contributed by atoms with Crippen molar-refractivity contribution in [2.45, 2.75) is 11.8 Å². The zero-order valence-corrected chi connectivity index (χ0v) is 21.5. The van der Waals surface area contributed by atoms with Gasteiger partial charge in [-0.15, -0.1) is 12.4 Å². The number of carbonyl (C=O) groups excluding carboxylic acids is 1. The van der Waals surface area contributed by atoms with Gasteiger partial charge in [0.25, 0.3) is 5.91 Å². The molecule has 1 saturated heterocycles. The fourth-order valence-corrected chi connectivity index (χ4v) is 5.58. The molecule has 0 spiro atoms. The standard InChI is InChI=1S/C23H27N3O5S2.ClH/c1-17-5-3-6-18(15-17)31-16-21(27)26(10-9-25-11-13-30-14-12-25)23-24-22-19(32-23)7-4-8-20(22)33(2,28)29;/h3-8,15H,9-14,16H2,1-2H3;1H. The van der Waals surface area contributed by atoms with Gasteiger partial charge >= 0.3 is 0 Å². The number of amides is 1.